The van der Waals surface area contributed by atoms with Gasteiger partial charge in [-0.1, -0.05) is 36.9 Å². The number of nitrogens with one attached hydrogen (secondary N) is 2. The molecule has 96 valence electrons. The lowest BCUT2D eigenvalue weighted by atomic mass is 9.79. The van der Waals surface area contributed by atoms with E-state index in [2.05, 4.69) is 10.6 Å². The van der Waals surface area contributed by atoms with Crippen LogP contribution in [0.5, 0.6) is 0 Å². The Morgan fingerprint density at radius 2 is 1.94 bits per heavy atom. The van der Waals surface area contributed by atoms with Crippen molar-refractivity contribution in [3.63, 3.8) is 0 Å². The molecule has 1 aliphatic carbocycles. The number of carbonyl (C=O) groups is 1. The number of rotatable bonds is 0. The highest BCUT2D eigenvalue weighted by Gasteiger charge is 2.37. The topological polar surface area (TPSA) is 41.1 Å². The number of amides is 1. The fourth-order valence-electron chi connectivity index (χ4n) is 3.10. The van der Waals surface area contributed by atoms with Gasteiger partial charge in [0.05, 0.1) is 16.4 Å². The van der Waals surface area contributed by atoms with E-state index in [1.807, 2.05) is 18.2 Å². The molecule has 0 radical (unpaired) electrons. The van der Waals surface area contributed by atoms with Crippen molar-refractivity contribution in [2.24, 2.45) is 0 Å². The monoisotopic (exact) mass is 264 g/mol. The lowest BCUT2D eigenvalue weighted by Crippen LogP contribution is -2.41. The molecule has 0 bridgehead atoms. The van der Waals surface area contributed by atoms with Gasteiger partial charge >= 0.3 is 0 Å². The van der Waals surface area contributed by atoms with E-state index in [4.69, 9.17) is 11.6 Å². The third-order valence-electron chi connectivity index (χ3n) is 3.99. The second kappa shape index (κ2) is 4.47. The third kappa shape index (κ3) is 2.07. The van der Waals surface area contributed by atoms with Crippen LogP contribution in [0, 0.1) is 0 Å². The Labute approximate surface area is 112 Å². The number of anilines is 2. The zero-order valence-electron chi connectivity index (χ0n) is 10.3. The van der Waals surface area contributed by atoms with Gasteiger partial charge in [-0.25, -0.2) is 0 Å². The summed E-state index contributed by atoms with van der Waals surface area (Å²) in [6.07, 6.45) is 6.26. The predicted molar refractivity (Wildman–Crippen MR) is 74.1 cm³/mol. The van der Waals surface area contributed by atoms with Gasteiger partial charge in [0, 0.05) is 12.0 Å². The number of hydrogen-bond donors (Lipinski definition) is 2. The maximum absolute atomic E-state index is 12.0. The van der Waals surface area contributed by atoms with Gasteiger partial charge in [0.2, 0.25) is 5.91 Å². The lowest BCUT2D eigenvalue weighted by molar-refractivity contribution is -0.117. The fraction of sp³-hybridized carbons (Fsp3) is 0.500. The summed E-state index contributed by atoms with van der Waals surface area (Å²) >= 11 is 6.25. The molecule has 3 nitrogen and oxygen atoms in total. The van der Waals surface area contributed by atoms with E-state index in [0.717, 1.165) is 24.2 Å². The Morgan fingerprint density at radius 3 is 2.72 bits per heavy atom. The minimum atomic E-state index is -0.0986. The molecule has 1 heterocycles. The van der Waals surface area contributed by atoms with E-state index in [1.54, 1.807) is 0 Å². The molecule has 1 aromatic carbocycles. The first-order valence-corrected chi connectivity index (χ1v) is 6.93. The van der Waals surface area contributed by atoms with Crippen LogP contribution < -0.4 is 10.6 Å². The van der Waals surface area contributed by atoms with Gasteiger partial charge < -0.3 is 10.6 Å². The molecule has 1 saturated carbocycles. The van der Waals surface area contributed by atoms with Crippen LogP contribution in [0.2, 0.25) is 5.02 Å². The van der Waals surface area contributed by atoms with Gasteiger partial charge in [-0.3, -0.25) is 4.79 Å². The third-order valence-corrected chi connectivity index (χ3v) is 4.30. The number of para-hydroxylation sites is 1. The van der Waals surface area contributed by atoms with Crippen molar-refractivity contribution in [3.05, 3.63) is 23.2 Å². The van der Waals surface area contributed by atoms with Gasteiger partial charge in [-0.05, 0) is 25.0 Å². The summed E-state index contributed by atoms with van der Waals surface area (Å²) < 4.78 is 0. The lowest BCUT2D eigenvalue weighted by Gasteiger charge is -2.37. The van der Waals surface area contributed by atoms with E-state index < -0.39 is 0 Å². The second-order valence-electron chi connectivity index (χ2n) is 5.35. The van der Waals surface area contributed by atoms with Crippen molar-refractivity contribution in [1.29, 1.82) is 0 Å². The smallest absolute Gasteiger partial charge is 0.226 e. The minimum absolute atomic E-state index is 0.0883. The molecule has 2 N–H and O–H groups in total. The summed E-state index contributed by atoms with van der Waals surface area (Å²) in [4.78, 5) is 12.0. The van der Waals surface area contributed by atoms with Crippen LogP contribution in [-0.4, -0.2) is 11.4 Å². The molecule has 0 unspecified atom stereocenters. The normalized spacial score (nSPS) is 21.7. The van der Waals surface area contributed by atoms with Gasteiger partial charge in [0.25, 0.3) is 0 Å². The zero-order valence-corrected chi connectivity index (χ0v) is 11.0. The molecule has 0 aromatic heterocycles. The molecule has 18 heavy (non-hydrogen) atoms. The highest BCUT2D eigenvalue weighted by atomic mass is 35.5. The standard InChI is InChI=1S/C14H17ClN2O/c15-10-5-4-6-11-13(10)17-14(9-12(18)16-11)7-2-1-3-8-14/h4-6,17H,1-3,7-9H2,(H,16,18). The summed E-state index contributed by atoms with van der Waals surface area (Å²) in [5.41, 5.74) is 1.58. The first-order chi connectivity index (χ1) is 8.69. The van der Waals surface area contributed by atoms with E-state index in [1.165, 1.54) is 19.3 Å². The SMILES string of the molecule is O=C1CC2(CCCCC2)Nc2c(Cl)cccc2N1. The molecular weight excluding hydrogens is 248 g/mol. The van der Waals surface area contributed by atoms with Crippen LogP contribution in [0.15, 0.2) is 18.2 Å². The maximum atomic E-state index is 12.0. The van der Waals surface area contributed by atoms with Gasteiger partial charge in [0.1, 0.15) is 0 Å². The number of hydrogen-bond acceptors (Lipinski definition) is 2. The highest BCUT2D eigenvalue weighted by molar-refractivity contribution is 6.34. The molecule has 1 spiro atoms. The predicted octanol–water partition coefficient (Wildman–Crippen LogP) is 3.80. The van der Waals surface area contributed by atoms with Gasteiger partial charge in [-0.15, -0.1) is 0 Å². The van der Waals surface area contributed by atoms with Crippen molar-refractivity contribution in [2.45, 2.75) is 44.1 Å². The first-order valence-electron chi connectivity index (χ1n) is 6.55. The maximum Gasteiger partial charge on any atom is 0.226 e. The van der Waals surface area contributed by atoms with Gasteiger partial charge in [0.15, 0.2) is 0 Å². The Hall–Kier alpha value is -1.22. The quantitative estimate of drug-likeness (QED) is 0.748. The van der Waals surface area contributed by atoms with Crippen molar-refractivity contribution < 1.29 is 4.79 Å². The summed E-state index contributed by atoms with van der Waals surface area (Å²) in [5, 5.41) is 7.19. The average Bonchev–Trinajstić information content (AvgIpc) is 2.47. The Balaban J connectivity index is 2.01. The molecule has 0 saturated heterocycles. The van der Waals surface area contributed by atoms with E-state index in [-0.39, 0.29) is 11.4 Å². The first kappa shape index (κ1) is 11.8. The van der Waals surface area contributed by atoms with Crippen molar-refractivity contribution in [2.75, 3.05) is 10.6 Å². The molecule has 4 heteroatoms. The molecule has 1 amide bonds. The number of carbonyl (C=O) groups excluding carboxylic acids is 1. The van der Waals surface area contributed by atoms with Crippen LogP contribution in [-0.2, 0) is 4.79 Å². The molecule has 1 aromatic rings. The number of benzene rings is 1. The molecule has 1 aliphatic heterocycles. The number of halogens is 1. The molecule has 1 fully saturated rings. The molecule has 2 aliphatic rings. The summed E-state index contributed by atoms with van der Waals surface area (Å²) in [5.74, 6) is 0.0883. The van der Waals surface area contributed by atoms with Crippen molar-refractivity contribution in [1.82, 2.24) is 0 Å². The zero-order chi connectivity index (χ0) is 12.6. The van der Waals surface area contributed by atoms with Crippen LogP contribution in [0.25, 0.3) is 0 Å². The van der Waals surface area contributed by atoms with Crippen molar-refractivity contribution in [3.8, 4) is 0 Å². The van der Waals surface area contributed by atoms with Gasteiger partial charge in [-0.2, -0.15) is 0 Å². The summed E-state index contributed by atoms with van der Waals surface area (Å²) in [7, 11) is 0. The second-order valence-corrected chi connectivity index (χ2v) is 5.76. The summed E-state index contributed by atoms with van der Waals surface area (Å²) in [6.45, 7) is 0. The van der Waals surface area contributed by atoms with E-state index >= 15 is 0 Å². The number of fused-ring (bicyclic) bond motifs is 1. The average molecular weight is 265 g/mol. The van der Waals surface area contributed by atoms with Crippen LogP contribution in [0.4, 0.5) is 11.4 Å². The highest BCUT2D eigenvalue weighted by Crippen LogP contribution is 2.41. The van der Waals surface area contributed by atoms with Crippen molar-refractivity contribution >= 4 is 28.9 Å². The Bertz CT molecular complexity index is 481. The van der Waals surface area contributed by atoms with Crippen LogP contribution >= 0.6 is 11.6 Å². The molecular formula is C14H17ClN2O. The molecule has 0 atom stereocenters. The summed E-state index contributed by atoms with van der Waals surface area (Å²) in [6, 6.07) is 5.62. The van der Waals surface area contributed by atoms with E-state index in [0.29, 0.717) is 11.4 Å². The largest absolute Gasteiger partial charge is 0.376 e. The van der Waals surface area contributed by atoms with E-state index in [9.17, 15) is 4.79 Å². The fourth-order valence-corrected chi connectivity index (χ4v) is 3.32. The van der Waals surface area contributed by atoms with Crippen LogP contribution in [0.1, 0.15) is 38.5 Å². The van der Waals surface area contributed by atoms with Crippen LogP contribution in [0.3, 0.4) is 0 Å². The Morgan fingerprint density at radius 1 is 1.17 bits per heavy atom. The minimum Gasteiger partial charge on any atom is -0.376 e. The Kier molecular flexibility index (Phi) is 2.94. The molecule has 3 rings (SSSR count).